The van der Waals surface area contributed by atoms with Gasteiger partial charge < -0.3 is 10.5 Å². The van der Waals surface area contributed by atoms with Gasteiger partial charge in [-0.3, -0.25) is 9.78 Å². The van der Waals surface area contributed by atoms with Crippen molar-refractivity contribution in [3.8, 4) is 5.75 Å². The Bertz CT molecular complexity index is 434. The summed E-state index contributed by atoms with van der Waals surface area (Å²) < 4.78 is 5.56. The fourth-order valence-corrected chi connectivity index (χ4v) is 2.31. The molecule has 1 saturated carbocycles. The van der Waals surface area contributed by atoms with Crippen LogP contribution in [0.2, 0.25) is 0 Å². The van der Waals surface area contributed by atoms with Crippen LogP contribution in [0.4, 0.5) is 0 Å². The second kappa shape index (κ2) is 5.06. The minimum atomic E-state index is -0.349. The number of hydrogen-bond donors (Lipinski definition) is 1. The van der Waals surface area contributed by atoms with E-state index in [9.17, 15) is 4.79 Å². The number of ketones is 1. The lowest BCUT2D eigenvalue weighted by Crippen LogP contribution is -2.44. The van der Waals surface area contributed by atoms with Crippen molar-refractivity contribution in [2.24, 2.45) is 11.1 Å². The van der Waals surface area contributed by atoms with Gasteiger partial charge in [-0.1, -0.05) is 6.42 Å². The van der Waals surface area contributed by atoms with Gasteiger partial charge in [0.05, 0.1) is 12.3 Å². The van der Waals surface area contributed by atoms with Gasteiger partial charge in [0.1, 0.15) is 5.75 Å². The van der Waals surface area contributed by atoms with E-state index >= 15 is 0 Å². The molecule has 4 heteroatoms. The number of Topliss-reactive ketones (excluding diaryl/α,β-unsaturated/α-hetero) is 1. The Hall–Kier alpha value is -1.42. The number of nitrogens with zero attached hydrogens (tertiary/aromatic N) is 1. The van der Waals surface area contributed by atoms with Crippen LogP contribution in [0.25, 0.3) is 0 Å². The van der Waals surface area contributed by atoms with Crippen LogP contribution in [0.15, 0.2) is 18.5 Å². The zero-order valence-corrected chi connectivity index (χ0v) is 11.0. The number of nitrogens with two attached hydrogens (primary N) is 1. The molecule has 1 aromatic heterocycles. The van der Waals surface area contributed by atoms with Crippen molar-refractivity contribution in [2.75, 3.05) is 6.54 Å². The highest BCUT2D eigenvalue weighted by atomic mass is 16.5. The molecular formula is C14H20N2O2. The maximum Gasteiger partial charge on any atom is 0.171 e. The van der Waals surface area contributed by atoms with E-state index < -0.39 is 0 Å². The first-order chi connectivity index (χ1) is 8.57. The summed E-state index contributed by atoms with van der Waals surface area (Å²) in [5.74, 6) is 0.750. The van der Waals surface area contributed by atoms with Gasteiger partial charge in [-0.2, -0.15) is 0 Å². The van der Waals surface area contributed by atoms with Gasteiger partial charge in [0.25, 0.3) is 0 Å². The molecule has 2 rings (SSSR count). The van der Waals surface area contributed by atoms with Gasteiger partial charge in [0.15, 0.2) is 5.78 Å². The van der Waals surface area contributed by atoms with E-state index in [1.54, 1.807) is 18.5 Å². The third-order valence-electron chi connectivity index (χ3n) is 3.53. The maximum atomic E-state index is 12.4. The summed E-state index contributed by atoms with van der Waals surface area (Å²) in [6.45, 7) is 4.31. The van der Waals surface area contributed by atoms with E-state index in [1.807, 2.05) is 13.8 Å². The lowest BCUT2D eigenvalue weighted by molar-refractivity contribution is 0.0635. The molecule has 4 nitrogen and oxygen atoms in total. The lowest BCUT2D eigenvalue weighted by Gasteiger charge is -2.39. The van der Waals surface area contributed by atoms with E-state index in [1.165, 1.54) is 0 Å². The molecule has 0 radical (unpaired) electrons. The van der Waals surface area contributed by atoms with Crippen molar-refractivity contribution in [2.45, 2.75) is 39.2 Å². The number of carbonyl (C=O) groups is 1. The molecule has 98 valence electrons. The predicted molar refractivity (Wildman–Crippen MR) is 69.7 cm³/mol. The number of pyridine rings is 1. The standard InChI is InChI=1S/C14H20N2O2/c1-10(2)18-12-6-11(7-16-8-12)13(17)14(9-15)4-3-5-14/h6-8,10H,3-5,9,15H2,1-2H3. The van der Waals surface area contributed by atoms with Crippen LogP contribution in [0.5, 0.6) is 5.75 Å². The van der Waals surface area contributed by atoms with Crippen molar-refractivity contribution in [3.63, 3.8) is 0 Å². The first kappa shape index (κ1) is 13.0. The van der Waals surface area contributed by atoms with Crippen LogP contribution in [0, 0.1) is 5.41 Å². The third-order valence-corrected chi connectivity index (χ3v) is 3.53. The molecule has 1 heterocycles. The van der Waals surface area contributed by atoms with Crippen LogP contribution in [-0.2, 0) is 0 Å². The smallest absolute Gasteiger partial charge is 0.171 e. The number of rotatable bonds is 5. The van der Waals surface area contributed by atoms with Crippen molar-refractivity contribution in [1.29, 1.82) is 0 Å². The SMILES string of the molecule is CC(C)Oc1cncc(C(=O)C2(CN)CCC2)c1. The topological polar surface area (TPSA) is 65.2 Å². The summed E-state index contributed by atoms with van der Waals surface area (Å²) in [6, 6.07) is 1.77. The predicted octanol–water partition coefficient (Wildman–Crippen LogP) is 2.18. The minimum absolute atomic E-state index is 0.0734. The Morgan fingerprint density at radius 3 is 2.72 bits per heavy atom. The highest BCUT2D eigenvalue weighted by molar-refractivity contribution is 6.01. The monoisotopic (exact) mass is 248 g/mol. The molecule has 0 amide bonds. The van der Waals surface area contributed by atoms with Gasteiger partial charge in [0.2, 0.25) is 0 Å². The van der Waals surface area contributed by atoms with Crippen molar-refractivity contribution >= 4 is 5.78 Å². The molecule has 0 spiro atoms. The molecule has 2 N–H and O–H groups in total. The van der Waals surface area contributed by atoms with Crippen molar-refractivity contribution in [3.05, 3.63) is 24.0 Å². The van der Waals surface area contributed by atoms with Gasteiger partial charge in [0, 0.05) is 23.7 Å². The van der Waals surface area contributed by atoms with Crippen LogP contribution in [0.1, 0.15) is 43.5 Å². The van der Waals surface area contributed by atoms with Crippen molar-refractivity contribution < 1.29 is 9.53 Å². The molecule has 0 bridgehead atoms. The lowest BCUT2D eigenvalue weighted by atomic mass is 9.65. The molecule has 0 atom stereocenters. The van der Waals surface area contributed by atoms with Crippen LogP contribution < -0.4 is 10.5 Å². The number of aromatic nitrogens is 1. The van der Waals surface area contributed by atoms with E-state index in [2.05, 4.69) is 4.98 Å². The van der Waals surface area contributed by atoms with Gasteiger partial charge in [-0.25, -0.2) is 0 Å². The molecule has 18 heavy (non-hydrogen) atoms. The molecule has 0 saturated heterocycles. The Balaban J connectivity index is 2.20. The average Bonchev–Trinajstić information content (AvgIpc) is 2.27. The van der Waals surface area contributed by atoms with E-state index in [4.69, 9.17) is 10.5 Å². The second-order valence-corrected chi connectivity index (χ2v) is 5.24. The van der Waals surface area contributed by atoms with Crippen LogP contribution in [0.3, 0.4) is 0 Å². The first-order valence-corrected chi connectivity index (χ1v) is 6.44. The molecule has 0 aromatic carbocycles. The normalized spacial score (nSPS) is 17.3. The summed E-state index contributed by atoms with van der Waals surface area (Å²) >= 11 is 0. The molecular weight excluding hydrogens is 228 g/mol. The highest BCUT2D eigenvalue weighted by Gasteiger charge is 2.43. The largest absolute Gasteiger partial charge is 0.489 e. The Kier molecular flexibility index (Phi) is 3.66. The minimum Gasteiger partial charge on any atom is -0.489 e. The Morgan fingerprint density at radius 2 is 2.22 bits per heavy atom. The van der Waals surface area contributed by atoms with E-state index in [0.29, 0.717) is 17.9 Å². The number of carbonyl (C=O) groups excluding carboxylic acids is 1. The summed E-state index contributed by atoms with van der Waals surface area (Å²) in [4.78, 5) is 16.5. The molecule has 0 aliphatic heterocycles. The fraction of sp³-hybridized carbons (Fsp3) is 0.571. The van der Waals surface area contributed by atoms with E-state index in [-0.39, 0.29) is 17.3 Å². The summed E-state index contributed by atoms with van der Waals surface area (Å²) in [5, 5.41) is 0. The van der Waals surface area contributed by atoms with Gasteiger partial charge >= 0.3 is 0 Å². The molecule has 1 aliphatic carbocycles. The molecule has 1 aliphatic rings. The van der Waals surface area contributed by atoms with Crippen molar-refractivity contribution in [1.82, 2.24) is 4.98 Å². The quantitative estimate of drug-likeness (QED) is 0.811. The first-order valence-electron chi connectivity index (χ1n) is 6.44. The summed E-state index contributed by atoms with van der Waals surface area (Å²) in [5.41, 5.74) is 6.01. The molecule has 1 aromatic rings. The highest BCUT2D eigenvalue weighted by Crippen LogP contribution is 2.42. The van der Waals surface area contributed by atoms with Crippen LogP contribution in [-0.4, -0.2) is 23.4 Å². The third kappa shape index (κ3) is 2.38. The molecule has 0 unspecified atom stereocenters. The Morgan fingerprint density at radius 1 is 1.50 bits per heavy atom. The van der Waals surface area contributed by atoms with E-state index in [0.717, 1.165) is 19.3 Å². The fourth-order valence-electron chi connectivity index (χ4n) is 2.31. The van der Waals surface area contributed by atoms with Gasteiger partial charge in [-0.15, -0.1) is 0 Å². The summed E-state index contributed by atoms with van der Waals surface area (Å²) in [6.07, 6.45) is 6.16. The zero-order valence-electron chi connectivity index (χ0n) is 11.0. The van der Waals surface area contributed by atoms with Crippen LogP contribution >= 0.6 is 0 Å². The second-order valence-electron chi connectivity index (χ2n) is 5.24. The summed E-state index contributed by atoms with van der Waals surface area (Å²) in [7, 11) is 0. The maximum absolute atomic E-state index is 12.4. The number of hydrogen-bond acceptors (Lipinski definition) is 4. The van der Waals surface area contributed by atoms with Gasteiger partial charge in [-0.05, 0) is 32.8 Å². The molecule has 1 fully saturated rings. The zero-order chi connectivity index (χ0) is 13.2. The Labute approximate surface area is 108 Å². The number of ether oxygens (including phenoxy) is 1. The average molecular weight is 248 g/mol.